The average molecular weight is 340 g/mol. The number of rotatable bonds is 7. The van der Waals surface area contributed by atoms with Gasteiger partial charge in [-0.15, -0.1) is 0 Å². The van der Waals surface area contributed by atoms with Gasteiger partial charge >= 0.3 is 0 Å². The summed E-state index contributed by atoms with van der Waals surface area (Å²) in [6, 6.07) is 12.4. The summed E-state index contributed by atoms with van der Waals surface area (Å²) in [4.78, 5) is 11.1. The zero-order valence-corrected chi connectivity index (χ0v) is 14.6. The van der Waals surface area contributed by atoms with Gasteiger partial charge in [0.15, 0.2) is 5.16 Å². The molecule has 24 heavy (non-hydrogen) atoms. The Kier molecular flexibility index (Phi) is 5.61. The molecule has 0 spiro atoms. The van der Waals surface area contributed by atoms with E-state index >= 15 is 0 Å². The summed E-state index contributed by atoms with van der Waals surface area (Å²) < 4.78 is 4.91. The van der Waals surface area contributed by atoms with E-state index in [0.717, 1.165) is 28.7 Å². The van der Waals surface area contributed by atoms with Crippen molar-refractivity contribution in [1.82, 2.24) is 20.0 Å². The Morgan fingerprint density at radius 1 is 1.08 bits per heavy atom. The minimum absolute atomic E-state index is 0.177. The van der Waals surface area contributed by atoms with Gasteiger partial charge in [-0.1, -0.05) is 47.3 Å². The largest absolute Gasteiger partial charge is 0.364 e. The van der Waals surface area contributed by atoms with Crippen LogP contribution < -0.4 is 0 Å². The first-order chi connectivity index (χ1) is 11.7. The number of nitrogens with zero attached hydrogens (tertiary/aromatic N) is 4. The van der Waals surface area contributed by atoms with Crippen LogP contribution in [0, 0.1) is 0 Å². The Morgan fingerprint density at radius 3 is 2.50 bits per heavy atom. The van der Waals surface area contributed by atoms with E-state index in [9.17, 15) is 0 Å². The van der Waals surface area contributed by atoms with Gasteiger partial charge in [0.2, 0.25) is 0 Å². The van der Waals surface area contributed by atoms with Crippen LogP contribution in [-0.4, -0.2) is 27.1 Å². The van der Waals surface area contributed by atoms with Crippen LogP contribution >= 0.6 is 11.8 Å². The molecule has 0 bridgehead atoms. The second-order valence-corrected chi connectivity index (χ2v) is 6.61. The lowest BCUT2D eigenvalue weighted by Crippen LogP contribution is -2.22. The van der Waals surface area contributed by atoms with Gasteiger partial charge < -0.3 is 4.52 Å². The number of hydrogen-bond acceptors (Lipinski definition) is 6. The Labute approximate surface area is 146 Å². The topological polar surface area (TPSA) is 55.1 Å². The van der Waals surface area contributed by atoms with Crippen LogP contribution in [0.2, 0.25) is 0 Å². The predicted octanol–water partition coefficient (Wildman–Crippen LogP) is 3.95. The first kappa shape index (κ1) is 16.7. The Hall–Kier alpha value is -2.18. The van der Waals surface area contributed by atoms with E-state index in [1.807, 2.05) is 36.7 Å². The van der Waals surface area contributed by atoms with E-state index in [-0.39, 0.29) is 6.04 Å². The van der Waals surface area contributed by atoms with Crippen LogP contribution in [0.5, 0.6) is 0 Å². The lowest BCUT2D eigenvalue weighted by atomic mass is 10.2. The minimum Gasteiger partial charge on any atom is -0.364 e. The van der Waals surface area contributed by atoms with Gasteiger partial charge in [0.1, 0.15) is 12.0 Å². The van der Waals surface area contributed by atoms with Crippen LogP contribution in [0.3, 0.4) is 0 Å². The summed E-state index contributed by atoms with van der Waals surface area (Å²) in [5.41, 5.74) is 3.28. The summed E-state index contributed by atoms with van der Waals surface area (Å²) in [6.07, 6.45) is 5.39. The van der Waals surface area contributed by atoms with Crippen molar-refractivity contribution in [2.75, 3.05) is 7.05 Å². The maximum absolute atomic E-state index is 4.91. The summed E-state index contributed by atoms with van der Waals surface area (Å²) in [7, 11) is 2.05. The maximum Gasteiger partial charge on any atom is 0.187 e. The summed E-state index contributed by atoms with van der Waals surface area (Å²) in [5, 5.41) is 4.80. The van der Waals surface area contributed by atoms with Crippen molar-refractivity contribution in [2.24, 2.45) is 0 Å². The molecular formula is C18H20N4OS. The van der Waals surface area contributed by atoms with Crippen LogP contribution in [-0.2, 0) is 12.3 Å². The summed E-state index contributed by atoms with van der Waals surface area (Å²) >= 11 is 1.65. The van der Waals surface area contributed by atoms with Gasteiger partial charge in [-0.25, -0.2) is 9.97 Å². The molecule has 0 N–H and O–H groups in total. The van der Waals surface area contributed by atoms with Crippen molar-refractivity contribution >= 4 is 11.8 Å². The molecule has 6 heteroatoms. The molecule has 2 heterocycles. The van der Waals surface area contributed by atoms with Crippen LogP contribution in [0.15, 0.2) is 64.7 Å². The van der Waals surface area contributed by atoms with Crippen molar-refractivity contribution in [3.63, 3.8) is 0 Å². The fraction of sp³-hybridized carbons (Fsp3) is 0.278. The molecule has 0 radical (unpaired) electrons. The molecule has 1 atom stereocenters. The van der Waals surface area contributed by atoms with E-state index in [1.54, 1.807) is 18.0 Å². The molecule has 0 fully saturated rings. The highest BCUT2D eigenvalue weighted by Crippen LogP contribution is 2.21. The highest BCUT2D eigenvalue weighted by Gasteiger charge is 2.14. The van der Waals surface area contributed by atoms with Crippen molar-refractivity contribution in [3.8, 4) is 0 Å². The van der Waals surface area contributed by atoms with Crippen molar-refractivity contribution in [1.29, 1.82) is 0 Å². The average Bonchev–Trinajstić information content (AvgIpc) is 3.16. The van der Waals surface area contributed by atoms with E-state index in [1.165, 1.54) is 5.56 Å². The Balaban J connectivity index is 1.54. The van der Waals surface area contributed by atoms with Gasteiger partial charge in [0.05, 0.1) is 6.04 Å². The molecule has 0 unspecified atom stereocenters. The van der Waals surface area contributed by atoms with E-state index in [4.69, 9.17) is 4.52 Å². The van der Waals surface area contributed by atoms with Gasteiger partial charge in [0.25, 0.3) is 0 Å². The van der Waals surface area contributed by atoms with Crippen molar-refractivity contribution < 1.29 is 4.52 Å². The smallest absolute Gasteiger partial charge is 0.187 e. The Morgan fingerprint density at radius 2 is 1.83 bits per heavy atom. The SMILES string of the molecule is C[C@@H](c1ccon1)N(C)Cc1cnc(SCc2ccccc2)nc1. The van der Waals surface area contributed by atoms with Crippen LogP contribution in [0.1, 0.15) is 29.8 Å². The molecular weight excluding hydrogens is 320 g/mol. The molecule has 2 aromatic heterocycles. The second-order valence-electron chi connectivity index (χ2n) is 5.66. The predicted molar refractivity (Wildman–Crippen MR) is 94.4 cm³/mol. The van der Waals surface area contributed by atoms with Gasteiger partial charge in [-0.2, -0.15) is 0 Å². The highest BCUT2D eigenvalue weighted by atomic mass is 32.2. The van der Waals surface area contributed by atoms with Gasteiger partial charge in [0, 0.05) is 36.3 Å². The molecule has 0 aliphatic rings. The monoisotopic (exact) mass is 340 g/mol. The molecule has 0 aliphatic carbocycles. The first-order valence-electron chi connectivity index (χ1n) is 7.80. The molecule has 3 rings (SSSR count). The lowest BCUT2D eigenvalue weighted by molar-refractivity contribution is 0.240. The zero-order valence-electron chi connectivity index (χ0n) is 13.8. The number of thioether (sulfide) groups is 1. The summed E-state index contributed by atoms with van der Waals surface area (Å²) in [5.74, 6) is 0.878. The van der Waals surface area contributed by atoms with E-state index in [0.29, 0.717) is 0 Å². The quantitative estimate of drug-likeness (QED) is 0.479. The second kappa shape index (κ2) is 8.08. The van der Waals surface area contributed by atoms with E-state index < -0.39 is 0 Å². The van der Waals surface area contributed by atoms with E-state index in [2.05, 4.69) is 46.1 Å². The number of benzene rings is 1. The normalized spacial score (nSPS) is 12.5. The fourth-order valence-corrected chi connectivity index (χ4v) is 3.05. The first-order valence-corrected chi connectivity index (χ1v) is 8.79. The maximum atomic E-state index is 4.91. The molecule has 0 saturated heterocycles. The van der Waals surface area contributed by atoms with Crippen molar-refractivity contribution in [2.45, 2.75) is 30.4 Å². The molecule has 0 amide bonds. The Bertz CT molecular complexity index is 731. The minimum atomic E-state index is 0.177. The molecule has 0 aliphatic heterocycles. The molecule has 5 nitrogen and oxygen atoms in total. The summed E-state index contributed by atoms with van der Waals surface area (Å²) in [6.45, 7) is 2.86. The third kappa shape index (κ3) is 4.43. The highest BCUT2D eigenvalue weighted by molar-refractivity contribution is 7.98. The molecule has 124 valence electrons. The molecule has 0 saturated carbocycles. The van der Waals surface area contributed by atoms with Gasteiger partial charge in [-0.05, 0) is 19.5 Å². The lowest BCUT2D eigenvalue weighted by Gasteiger charge is -2.22. The third-order valence-corrected chi connectivity index (χ3v) is 4.82. The zero-order chi connectivity index (χ0) is 16.8. The van der Waals surface area contributed by atoms with Gasteiger partial charge in [-0.3, -0.25) is 4.90 Å². The standard InChI is InChI=1S/C18H20N4OS/c1-14(17-8-9-23-21-17)22(2)12-16-10-19-18(20-11-16)24-13-15-6-4-3-5-7-15/h3-11,14H,12-13H2,1-2H3/t14-/m0/s1. The van der Waals surface area contributed by atoms with Crippen molar-refractivity contribution in [3.05, 3.63) is 71.9 Å². The molecule has 1 aromatic carbocycles. The van der Waals surface area contributed by atoms with Crippen LogP contribution in [0.4, 0.5) is 0 Å². The number of hydrogen-bond donors (Lipinski definition) is 0. The number of aromatic nitrogens is 3. The molecule has 3 aromatic rings. The third-order valence-electron chi connectivity index (χ3n) is 3.87. The van der Waals surface area contributed by atoms with Crippen LogP contribution in [0.25, 0.3) is 0 Å². The fourth-order valence-electron chi connectivity index (χ4n) is 2.31.